The highest BCUT2D eigenvalue weighted by Gasteiger charge is 2.22. The fraction of sp³-hybridized carbons (Fsp3) is 0.188. The number of aromatic hydroxyl groups is 1. The van der Waals surface area contributed by atoms with E-state index in [1.165, 1.54) is 12.1 Å². The Morgan fingerprint density at radius 1 is 1.25 bits per heavy atom. The Kier molecular flexibility index (Phi) is 3.29. The lowest BCUT2D eigenvalue weighted by molar-refractivity contribution is 0.0471. The van der Waals surface area contributed by atoms with Crippen LogP contribution >= 0.6 is 0 Å². The van der Waals surface area contributed by atoms with E-state index in [0.717, 1.165) is 11.1 Å². The van der Waals surface area contributed by atoms with E-state index in [1.807, 2.05) is 30.3 Å². The maximum Gasteiger partial charge on any atom is 0.339 e. The number of phenolic OH excluding ortho intramolecular Hbond substituents is 1. The first-order valence-electron chi connectivity index (χ1n) is 6.44. The molecule has 4 heteroatoms. The molecule has 0 aromatic heterocycles. The van der Waals surface area contributed by atoms with E-state index in [-0.39, 0.29) is 12.4 Å². The van der Waals surface area contributed by atoms with Crippen molar-refractivity contribution in [2.45, 2.75) is 13.0 Å². The molecule has 0 aliphatic carbocycles. The van der Waals surface area contributed by atoms with Crippen molar-refractivity contribution in [2.24, 2.45) is 0 Å². The molecule has 4 nitrogen and oxygen atoms in total. The van der Waals surface area contributed by atoms with Gasteiger partial charge in [0.1, 0.15) is 18.1 Å². The van der Waals surface area contributed by atoms with Crippen molar-refractivity contribution in [3.63, 3.8) is 0 Å². The monoisotopic (exact) mass is 270 g/mol. The molecule has 0 unspecified atom stereocenters. The van der Waals surface area contributed by atoms with Gasteiger partial charge in [0.15, 0.2) is 0 Å². The van der Waals surface area contributed by atoms with Gasteiger partial charge in [-0.2, -0.15) is 0 Å². The lowest BCUT2D eigenvalue weighted by Crippen LogP contribution is -2.07. The van der Waals surface area contributed by atoms with Crippen LogP contribution in [-0.4, -0.2) is 17.7 Å². The highest BCUT2D eigenvalue weighted by atomic mass is 16.5. The molecule has 0 spiro atoms. The maximum atomic E-state index is 12.1. The van der Waals surface area contributed by atoms with Gasteiger partial charge in [-0.15, -0.1) is 0 Å². The molecular formula is C16H14O4. The third kappa shape index (κ3) is 2.45. The standard InChI is InChI=1S/C16H14O4/c17-12-8-14(13-6-7-19-15(13)9-12)16(18)20-10-11-4-2-1-3-5-11/h1-5,8-9,17H,6-7,10H2. The zero-order valence-corrected chi connectivity index (χ0v) is 10.8. The van der Waals surface area contributed by atoms with E-state index in [2.05, 4.69) is 0 Å². The molecule has 2 aromatic rings. The summed E-state index contributed by atoms with van der Waals surface area (Å²) in [5, 5.41) is 9.62. The Morgan fingerprint density at radius 3 is 2.85 bits per heavy atom. The normalized spacial score (nSPS) is 12.6. The summed E-state index contributed by atoms with van der Waals surface area (Å²) in [6.07, 6.45) is 0.658. The molecule has 2 aromatic carbocycles. The summed E-state index contributed by atoms with van der Waals surface area (Å²) in [6, 6.07) is 12.4. The third-order valence-electron chi connectivity index (χ3n) is 3.24. The first-order chi connectivity index (χ1) is 9.74. The molecule has 102 valence electrons. The lowest BCUT2D eigenvalue weighted by atomic mass is 10.0. The molecule has 3 rings (SSSR count). The van der Waals surface area contributed by atoms with Gasteiger partial charge in [0.25, 0.3) is 0 Å². The number of ether oxygens (including phenoxy) is 2. The maximum absolute atomic E-state index is 12.1. The van der Waals surface area contributed by atoms with Crippen LogP contribution in [0.3, 0.4) is 0 Å². The molecule has 20 heavy (non-hydrogen) atoms. The second-order valence-electron chi connectivity index (χ2n) is 4.63. The van der Waals surface area contributed by atoms with Crippen molar-refractivity contribution in [1.82, 2.24) is 0 Å². The van der Waals surface area contributed by atoms with Gasteiger partial charge in [-0.05, 0) is 11.6 Å². The predicted molar refractivity (Wildman–Crippen MR) is 72.9 cm³/mol. The zero-order chi connectivity index (χ0) is 13.9. The number of benzene rings is 2. The molecule has 0 fully saturated rings. The van der Waals surface area contributed by atoms with Gasteiger partial charge < -0.3 is 14.6 Å². The Bertz CT molecular complexity index is 634. The molecule has 1 N–H and O–H groups in total. The molecule has 0 amide bonds. The van der Waals surface area contributed by atoms with E-state index in [4.69, 9.17) is 9.47 Å². The highest BCUT2D eigenvalue weighted by molar-refractivity contribution is 5.92. The van der Waals surface area contributed by atoms with Gasteiger partial charge >= 0.3 is 5.97 Å². The van der Waals surface area contributed by atoms with Crippen molar-refractivity contribution < 1.29 is 19.4 Å². The van der Waals surface area contributed by atoms with E-state index in [0.29, 0.717) is 24.3 Å². The zero-order valence-electron chi connectivity index (χ0n) is 10.8. The Hall–Kier alpha value is -2.49. The Morgan fingerprint density at radius 2 is 2.05 bits per heavy atom. The molecule has 0 atom stereocenters. The van der Waals surface area contributed by atoms with E-state index < -0.39 is 5.97 Å². The van der Waals surface area contributed by atoms with Gasteiger partial charge in [0.2, 0.25) is 0 Å². The Balaban J connectivity index is 1.78. The summed E-state index contributed by atoms with van der Waals surface area (Å²) < 4.78 is 10.7. The second kappa shape index (κ2) is 5.25. The van der Waals surface area contributed by atoms with Gasteiger partial charge in [-0.25, -0.2) is 4.79 Å². The second-order valence-corrected chi connectivity index (χ2v) is 4.63. The van der Waals surface area contributed by atoms with Gasteiger partial charge in [0.05, 0.1) is 12.2 Å². The van der Waals surface area contributed by atoms with E-state index >= 15 is 0 Å². The highest BCUT2D eigenvalue weighted by Crippen LogP contribution is 2.33. The van der Waals surface area contributed by atoms with E-state index in [1.54, 1.807) is 0 Å². The number of rotatable bonds is 3. The molecule has 1 aliphatic rings. The van der Waals surface area contributed by atoms with Gasteiger partial charge in [-0.1, -0.05) is 30.3 Å². The summed E-state index contributed by atoms with van der Waals surface area (Å²) in [7, 11) is 0. The molecular weight excluding hydrogens is 256 g/mol. The van der Waals surface area contributed by atoms with Crippen LogP contribution in [0, 0.1) is 0 Å². The van der Waals surface area contributed by atoms with E-state index in [9.17, 15) is 9.90 Å². The molecule has 0 saturated carbocycles. The number of esters is 1. The molecule has 0 bridgehead atoms. The summed E-state index contributed by atoms with van der Waals surface area (Å²) >= 11 is 0. The first-order valence-corrected chi connectivity index (χ1v) is 6.44. The lowest BCUT2D eigenvalue weighted by Gasteiger charge is -2.09. The quantitative estimate of drug-likeness (QED) is 0.871. The van der Waals surface area contributed by atoms with Crippen molar-refractivity contribution in [2.75, 3.05) is 6.61 Å². The SMILES string of the molecule is O=C(OCc1ccccc1)c1cc(O)cc2c1CCO2. The largest absolute Gasteiger partial charge is 0.508 e. The minimum Gasteiger partial charge on any atom is -0.508 e. The summed E-state index contributed by atoms with van der Waals surface area (Å²) in [6.45, 7) is 0.739. The molecule has 0 saturated heterocycles. The first kappa shape index (κ1) is 12.5. The van der Waals surface area contributed by atoms with Crippen molar-refractivity contribution in [3.05, 3.63) is 59.2 Å². The van der Waals surface area contributed by atoms with Crippen LogP contribution in [-0.2, 0) is 17.8 Å². The van der Waals surface area contributed by atoms with Gasteiger partial charge in [-0.3, -0.25) is 0 Å². The fourth-order valence-corrected chi connectivity index (χ4v) is 2.26. The van der Waals surface area contributed by atoms with Crippen LogP contribution in [0.5, 0.6) is 11.5 Å². The van der Waals surface area contributed by atoms with Crippen LogP contribution in [0.25, 0.3) is 0 Å². The summed E-state index contributed by atoms with van der Waals surface area (Å²) in [5.41, 5.74) is 2.11. The van der Waals surface area contributed by atoms with Crippen LogP contribution in [0.1, 0.15) is 21.5 Å². The van der Waals surface area contributed by atoms with Crippen LogP contribution in [0.4, 0.5) is 0 Å². The van der Waals surface area contributed by atoms with Gasteiger partial charge in [0, 0.05) is 18.1 Å². The number of hydrogen-bond donors (Lipinski definition) is 1. The number of carbonyl (C=O) groups is 1. The number of fused-ring (bicyclic) bond motifs is 1. The number of phenols is 1. The summed E-state index contributed by atoms with van der Waals surface area (Å²) in [5.74, 6) is 0.139. The summed E-state index contributed by atoms with van der Waals surface area (Å²) in [4.78, 5) is 12.1. The topological polar surface area (TPSA) is 55.8 Å². The minimum atomic E-state index is -0.438. The molecule has 0 radical (unpaired) electrons. The smallest absolute Gasteiger partial charge is 0.339 e. The van der Waals surface area contributed by atoms with Crippen molar-refractivity contribution in [3.8, 4) is 11.5 Å². The third-order valence-corrected chi connectivity index (χ3v) is 3.24. The predicted octanol–water partition coefficient (Wildman–Crippen LogP) is 2.68. The fourth-order valence-electron chi connectivity index (χ4n) is 2.26. The van der Waals surface area contributed by atoms with Crippen molar-refractivity contribution in [1.29, 1.82) is 0 Å². The average Bonchev–Trinajstić information content (AvgIpc) is 2.93. The molecule has 1 heterocycles. The average molecular weight is 270 g/mol. The molecule has 1 aliphatic heterocycles. The van der Waals surface area contributed by atoms with Crippen molar-refractivity contribution >= 4 is 5.97 Å². The Labute approximate surface area is 116 Å². The van der Waals surface area contributed by atoms with Crippen LogP contribution < -0.4 is 4.74 Å². The minimum absolute atomic E-state index is 0.0114. The number of hydrogen-bond acceptors (Lipinski definition) is 4. The number of carbonyl (C=O) groups excluding carboxylic acids is 1. The van der Waals surface area contributed by atoms with Crippen LogP contribution in [0.2, 0.25) is 0 Å². The van der Waals surface area contributed by atoms with Crippen LogP contribution in [0.15, 0.2) is 42.5 Å².